The Kier molecular flexibility index (Phi) is 3.38. The maximum absolute atomic E-state index is 11.5. The van der Waals surface area contributed by atoms with Gasteiger partial charge in [0.25, 0.3) is 5.91 Å². The van der Waals surface area contributed by atoms with Gasteiger partial charge in [0.05, 0.1) is 6.33 Å². The largest absolute Gasteiger partial charge is 0.339 e. The van der Waals surface area contributed by atoms with E-state index in [-0.39, 0.29) is 5.91 Å². The zero-order valence-electron chi connectivity index (χ0n) is 9.49. The van der Waals surface area contributed by atoms with Crippen LogP contribution in [0.4, 0.5) is 5.82 Å². The predicted octanol–water partition coefficient (Wildman–Crippen LogP) is 1.61. The zero-order valence-corrected chi connectivity index (χ0v) is 10.3. The van der Waals surface area contributed by atoms with Crippen molar-refractivity contribution in [1.29, 1.82) is 0 Å². The molecule has 16 heavy (non-hydrogen) atoms. The second-order valence-corrected chi connectivity index (χ2v) is 4.99. The van der Waals surface area contributed by atoms with Crippen molar-refractivity contribution in [2.24, 2.45) is 5.92 Å². The summed E-state index contributed by atoms with van der Waals surface area (Å²) in [5.41, 5.74) is 0.558. The van der Waals surface area contributed by atoms with Crippen molar-refractivity contribution in [2.75, 3.05) is 16.7 Å². The van der Waals surface area contributed by atoms with Crippen LogP contribution in [0, 0.1) is 5.92 Å². The van der Waals surface area contributed by atoms with Gasteiger partial charge in [-0.3, -0.25) is 9.10 Å². The molecule has 0 radical (unpaired) electrons. The van der Waals surface area contributed by atoms with Crippen molar-refractivity contribution < 1.29 is 4.79 Å². The van der Waals surface area contributed by atoms with Crippen LogP contribution in [0.3, 0.4) is 0 Å². The smallest absolute Gasteiger partial charge is 0.273 e. The average Bonchev–Trinajstić information content (AvgIpc) is 2.77. The third-order valence-corrected chi connectivity index (χ3v) is 4.01. The Morgan fingerprint density at radius 2 is 2.50 bits per heavy atom. The summed E-state index contributed by atoms with van der Waals surface area (Å²) < 4.78 is 2.03. The molecule has 2 N–H and O–H groups in total. The molecule has 2 heterocycles. The van der Waals surface area contributed by atoms with Crippen molar-refractivity contribution in [1.82, 2.24) is 15.3 Å². The van der Waals surface area contributed by atoms with E-state index in [1.165, 1.54) is 6.42 Å². The lowest BCUT2D eigenvalue weighted by molar-refractivity contribution is 0.0946. The standard InChI is InChI=1S/C10H16N4OS/c1-3-7(2)4-16-14-6-13-10(15)8-9(14)12-5-11-8/h5,7H,3-4,6H2,1-2H3,(H,11,12)(H,13,15). The fourth-order valence-electron chi connectivity index (χ4n) is 1.39. The molecule has 0 aromatic carbocycles. The molecular weight excluding hydrogens is 224 g/mol. The molecule has 0 saturated carbocycles. The van der Waals surface area contributed by atoms with Gasteiger partial charge in [-0.1, -0.05) is 20.3 Å². The minimum atomic E-state index is -0.0760. The summed E-state index contributed by atoms with van der Waals surface area (Å²) in [4.78, 5) is 18.5. The lowest BCUT2D eigenvalue weighted by atomic mass is 10.2. The SMILES string of the molecule is CCC(C)CSN1CNC(=O)c2[nH]cnc21. The van der Waals surface area contributed by atoms with Crippen molar-refractivity contribution in [2.45, 2.75) is 20.3 Å². The van der Waals surface area contributed by atoms with Gasteiger partial charge in [0.2, 0.25) is 0 Å². The first-order valence-electron chi connectivity index (χ1n) is 5.44. The summed E-state index contributed by atoms with van der Waals surface area (Å²) in [5, 5.41) is 2.81. The third kappa shape index (κ3) is 2.16. The third-order valence-electron chi connectivity index (χ3n) is 2.68. The first kappa shape index (κ1) is 11.3. The topological polar surface area (TPSA) is 61.0 Å². The molecule has 1 amide bonds. The minimum absolute atomic E-state index is 0.0760. The number of hydrogen-bond donors (Lipinski definition) is 2. The number of amides is 1. The van der Waals surface area contributed by atoms with Gasteiger partial charge < -0.3 is 10.3 Å². The second kappa shape index (κ2) is 4.78. The molecule has 1 aromatic rings. The van der Waals surface area contributed by atoms with Crippen LogP contribution in [0.2, 0.25) is 0 Å². The zero-order chi connectivity index (χ0) is 11.5. The summed E-state index contributed by atoms with van der Waals surface area (Å²) in [7, 11) is 0. The molecular formula is C10H16N4OS. The maximum atomic E-state index is 11.5. The van der Waals surface area contributed by atoms with E-state index < -0.39 is 0 Å². The molecule has 0 saturated heterocycles. The predicted molar refractivity (Wildman–Crippen MR) is 65.3 cm³/mol. The Morgan fingerprint density at radius 1 is 1.69 bits per heavy atom. The minimum Gasteiger partial charge on any atom is -0.339 e. The Bertz CT molecular complexity index is 379. The average molecular weight is 240 g/mol. The van der Waals surface area contributed by atoms with Gasteiger partial charge in [0.15, 0.2) is 5.82 Å². The van der Waals surface area contributed by atoms with Gasteiger partial charge in [-0.25, -0.2) is 4.98 Å². The summed E-state index contributed by atoms with van der Waals surface area (Å²) in [6, 6.07) is 0. The second-order valence-electron chi connectivity index (χ2n) is 3.95. The molecule has 6 heteroatoms. The number of H-pyrrole nitrogens is 1. The van der Waals surface area contributed by atoms with Crippen molar-refractivity contribution >= 4 is 23.7 Å². The van der Waals surface area contributed by atoms with Crippen molar-refractivity contribution in [3.8, 4) is 0 Å². The van der Waals surface area contributed by atoms with E-state index in [2.05, 4.69) is 29.1 Å². The number of fused-ring (bicyclic) bond motifs is 1. The van der Waals surface area contributed by atoms with Gasteiger partial charge >= 0.3 is 0 Å². The normalized spacial score (nSPS) is 16.9. The number of nitrogens with zero attached hydrogens (tertiary/aromatic N) is 2. The van der Waals surface area contributed by atoms with Crippen molar-refractivity contribution in [3.05, 3.63) is 12.0 Å². The molecule has 0 spiro atoms. The summed E-state index contributed by atoms with van der Waals surface area (Å²) in [5.74, 6) is 2.38. The van der Waals surface area contributed by atoms with Crippen LogP contribution < -0.4 is 9.62 Å². The fourth-order valence-corrected chi connectivity index (χ4v) is 2.48. The van der Waals surface area contributed by atoms with Crippen LogP contribution in [-0.2, 0) is 0 Å². The number of aromatic amines is 1. The molecule has 5 nitrogen and oxygen atoms in total. The van der Waals surface area contributed by atoms with Gasteiger partial charge in [0, 0.05) is 5.75 Å². The number of nitrogens with one attached hydrogen (secondary N) is 2. The highest BCUT2D eigenvalue weighted by Crippen LogP contribution is 2.27. The van der Waals surface area contributed by atoms with Gasteiger partial charge in [-0.15, -0.1) is 0 Å². The van der Waals surface area contributed by atoms with Gasteiger partial charge in [0.1, 0.15) is 12.4 Å². The van der Waals surface area contributed by atoms with E-state index in [0.29, 0.717) is 18.3 Å². The highest BCUT2D eigenvalue weighted by molar-refractivity contribution is 8.00. The van der Waals surface area contributed by atoms with E-state index in [1.54, 1.807) is 18.3 Å². The molecule has 0 bridgehead atoms. The van der Waals surface area contributed by atoms with Gasteiger partial charge in [-0.05, 0) is 17.9 Å². The fraction of sp³-hybridized carbons (Fsp3) is 0.600. The molecule has 2 rings (SSSR count). The Balaban J connectivity index is 2.03. The highest BCUT2D eigenvalue weighted by atomic mass is 32.2. The first-order chi connectivity index (χ1) is 7.72. The molecule has 1 unspecified atom stereocenters. The van der Waals surface area contributed by atoms with Crippen LogP contribution in [0.15, 0.2) is 6.33 Å². The number of carbonyl (C=O) groups excluding carboxylic acids is 1. The van der Waals surface area contributed by atoms with Crippen LogP contribution in [0.25, 0.3) is 0 Å². The van der Waals surface area contributed by atoms with Crippen LogP contribution in [0.1, 0.15) is 30.8 Å². The lowest BCUT2D eigenvalue weighted by Gasteiger charge is -2.27. The van der Waals surface area contributed by atoms with E-state index in [1.807, 2.05) is 4.31 Å². The number of carbonyl (C=O) groups is 1. The monoisotopic (exact) mass is 240 g/mol. The quantitative estimate of drug-likeness (QED) is 0.785. The Morgan fingerprint density at radius 3 is 3.25 bits per heavy atom. The van der Waals surface area contributed by atoms with E-state index in [4.69, 9.17) is 0 Å². The Hall–Kier alpha value is -1.17. The summed E-state index contributed by atoms with van der Waals surface area (Å²) >= 11 is 1.72. The molecule has 1 atom stereocenters. The van der Waals surface area contributed by atoms with Gasteiger partial charge in [-0.2, -0.15) is 0 Å². The molecule has 0 aliphatic carbocycles. The van der Waals surface area contributed by atoms with E-state index in [9.17, 15) is 4.79 Å². The van der Waals surface area contributed by atoms with Crippen LogP contribution in [-0.4, -0.2) is 28.3 Å². The molecule has 1 aliphatic rings. The molecule has 88 valence electrons. The summed E-state index contributed by atoms with van der Waals surface area (Å²) in [6.45, 7) is 4.93. The first-order valence-corrected chi connectivity index (χ1v) is 6.38. The molecule has 1 aromatic heterocycles. The number of anilines is 1. The highest BCUT2D eigenvalue weighted by Gasteiger charge is 2.25. The van der Waals surface area contributed by atoms with E-state index in [0.717, 1.165) is 11.6 Å². The maximum Gasteiger partial charge on any atom is 0.273 e. The number of hydrogen-bond acceptors (Lipinski definition) is 4. The van der Waals surface area contributed by atoms with E-state index >= 15 is 0 Å². The van der Waals surface area contributed by atoms with Crippen LogP contribution >= 0.6 is 11.9 Å². The lowest BCUT2D eigenvalue weighted by Crippen LogP contribution is -2.40. The number of rotatable bonds is 4. The van der Waals surface area contributed by atoms with Crippen LogP contribution in [0.5, 0.6) is 0 Å². The number of aromatic nitrogens is 2. The molecule has 0 fully saturated rings. The number of imidazole rings is 1. The van der Waals surface area contributed by atoms with Crippen molar-refractivity contribution in [3.63, 3.8) is 0 Å². The summed E-state index contributed by atoms with van der Waals surface area (Å²) in [6.07, 6.45) is 2.73. The molecule has 1 aliphatic heterocycles. The Labute approximate surface area is 99.1 Å².